The molecular formula is C15H16N4O4S. The van der Waals surface area contributed by atoms with Gasteiger partial charge in [0.2, 0.25) is 10.0 Å². The molecule has 126 valence electrons. The summed E-state index contributed by atoms with van der Waals surface area (Å²) in [6.45, 7) is 1.31. The summed E-state index contributed by atoms with van der Waals surface area (Å²) in [5.41, 5.74) is 0.202. The Balaban J connectivity index is 2.36. The van der Waals surface area contributed by atoms with Gasteiger partial charge in [0.15, 0.2) is 0 Å². The van der Waals surface area contributed by atoms with E-state index in [9.17, 15) is 8.42 Å². The fourth-order valence-corrected chi connectivity index (χ4v) is 3.57. The lowest BCUT2D eigenvalue weighted by Crippen LogP contribution is -2.40. The van der Waals surface area contributed by atoms with E-state index in [1.165, 1.54) is 35.8 Å². The minimum absolute atomic E-state index is 0.0940. The molecule has 9 heteroatoms. The molecule has 1 aliphatic rings. The Morgan fingerprint density at radius 3 is 2.58 bits per heavy atom. The number of nitrogens with one attached hydrogen (secondary N) is 1. The van der Waals surface area contributed by atoms with Crippen molar-refractivity contribution in [3.05, 3.63) is 30.0 Å². The van der Waals surface area contributed by atoms with Gasteiger partial charge in [-0.3, -0.25) is 0 Å². The van der Waals surface area contributed by atoms with E-state index in [0.29, 0.717) is 37.7 Å². The molecule has 1 aliphatic heterocycles. The number of methoxy groups -OCH3 is 1. The van der Waals surface area contributed by atoms with Gasteiger partial charge < -0.3 is 14.8 Å². The summed E-state index contributed by atoms with van der Waals surface area (Å²) < 4.78 is 37.0. The number of morpholine rings is 1. The summed E-state index contributed by atoms with van der Waals surface area (Å²) in [5, 5.41) is 20.3. The first-order chi connectivity index (χ1) is 11.5. The molecule has 1 fully saturated rings. The third kappa shape index (κ3) is 3.84. The third-order valence-electron chi connectivity index (χ3n) is 3.39. The molecule has 24 heavy (non-hydrogen) atoms. The van der Waals surface area contributed by atoms with Crippen molar-refractivity contribution in [3.8, 4) is 17.9 Å². The maximum Gasteiger partial charge on any atom is 0.243 e. The van der Waals surface area contributed by atoms with Crippen molar-refractivity contribution in [2.45, 2.75) is 4.90 Å². The summed E-state index contributed by atoms with van der Waals surface area (Å²) in [4.78, 5) is 0.0940. The molecule has 0 aliphatic carbocycles. The van der Waals surface area contributed by atoms with Crippen LogP contribution < -0.4 is 10.1 Å². The number of allylic oxidation sites excluding steroid dienone is 1. The molecule has 0 aromatic heterocycles. The second-order valence-electron chi connectivity index (χ2n) is 4.80. The van der Waals surface area contributed by atoms with Gasteiger partial charge in [0.25, 0.3) is 0 Å². The van der Waals surface area contributed by atoms with E-state index in [0.717, 1.165) is 0 Å². The zero-order chi connectivity index (χ0) is 17.6. The van der Waals surface area contributed by atoms with Crippen molar-refractivity contribution in [2.75, 3.05) is 38.7 Å². The highest BCUT2D eigenvalue weighted by molar-refractivity contribution is 7.89. The zero-order valence-corrected chi connectivity index (χ0v) is 13.8. The lowest BCUT2D eigenvalue weighted by molar-refractivity contribution is 0.0730. The molecule has 0 saturated carbocycles. The van der Waals surface area contributed by atoms with Crippen LogP contribution in [0, 0.1) is 22.7 Å². The van der Waals surface area contributed by atoms with Crippen LogP contribution in [-0.4, -0.2) is 46.1 Å². The molecule has 2 rings (SSSR count). The first-order valence-corrected chi connectivity index (χ1v) is 8.49. The van der Waals surface area contributed by atoms with Gasteiger partial charge in [-0.25, -0.2) is 8.42 Å². The minimum atomic E-state index is -3.65. The van der Waals surface area contributed by atoms with E-state index in [2.05, 4.69) is 5.32 Å². The highest BCUT2D eigenvalue weighted by atomic mass is 32.2. The molecule has 1 aromatic carbocycles. The number of ether oxygens (including phenoxy) is 2. The normalized spacial score (nSPS) is 15.0. The largest absolute Gasteiger partial charge is 0.495 e. The maximum atomic E-state index is 12.7. The number of sulfonamides is 1. The molecule has 0 unspecified atom stereocenters. The average molecular weight is 348 g/mol. The summed E-state index contributed by atoms with van der Waals surface area (Å²) in [6.07, 6.45) is 1.20. The zero-order valence-electron chi connectivity index (χ0n) is 13.0. The van der Waals surface area contributed by atoms with Gasteiger partial charge >= 0.3 is 0 Å². The van der Waals surface area contributed by atoms with Gasteiger partial charge in [0.1, 0.15) is 23.5 Å². The first-order valence-electron chi connectivity index (χ1n) is 7.05. The summed E-state index contributed by atoms with van der Waals surface area (Å²) in [7, 11) is -2.21. The minimum Gasteiger partial charge on any atom is -0.495 e. The van der Waals surface area contributed by atoms with Crippen LogP contribution in [0.4, 0.5) is 5.69 Å². The Bertz CT molecular complexity index is 799. The SMILES string of the molecule is COc1ccc(S(=O)(=O)N2CCOCC2)cc1NC=C(C#N)C#N. The van der Waals surface area contributed by atoms with E-state index < -0.39 is 10.0 Å². The van der Waals surface area contributed by atoms with Crippen LogP contribution in [0.3, 0.4) is 0 Å². The van der Waals surface area contributed by atoms with E-state index in [-0.39, 0.29) is 10.5 Å². The van der Waals surface area contributed by atoms with Crippen molar-refractivity contribution in [1.82, 2.24) is 4.31 Å². The van der Waals surface area contributed by atoms with Gasteiger partial charge in [0.05, 0.1) is 30.9 Å². The highest BCUT2D eigenvalue weighted by Crippen LogP contribution is 2.29. The van der Waals surface area contributed by atoms with Crippen molar-refractivity contribution in [2.24, 2.45) is 0 Å². The Kier molecular flexibility index (Phi) is 5.77. The van der Waals surface area contributed by atoms with Gasteiger partial charge in [0, 0.05) is 19.3 Å². The number of nitrogens with zero attached hydrogens (tertiary/aromatic N) is 3. The fraction of sp³-hybridized carbons (Fsp3) is 0.333. The molecule has 1 saturated heterocycles. The lowest BCUT2D eigenvalue weighted by atomic mass is 10.3. The van der Waals surface area contributed by atoms with Crippen LogP contribution >= 0.6 is 0 Å². The number of hydrogen-bond acceptors (Lipinski definition) is 7. The third-order valence-corrected chi connectivity index (χ3v) is 5.29. The van der Waals surface area contributed by atoms with Gasteiger partial charge in [-0.1, -0.05) is 0 Å². The predicted octanol–water partition coefficient (Wildman–Crippen LogP) is 1.06. The molecule has 0 spiro atoms. The Labute approximate surface area is 140 Å². The van der Waals surface area contributed by atoms with Crippen LogP contribution in [0.15, 0.2) is 34.9 Å². The summed E-state index contributed by atoms with van der Waals surface area (Å²) >= 11 is 0. The average Bonchev–Trinajstić information content (AvgIpc) is 2.63. The molecular weight excluding hydrogens is 332 g/mol. The Morgan fingerprint density at radius 2 is 2.00 bits per heavy atom. The number of hydrogen-bond donors (Lipinski definition) is 1. The molecule has 0 bridgehead atoms. The van der Waals surface area contributed by atoms with Crippen molar-refractivity contribution < 1.29 is 17.9 Å². The standard InChI is InChI=1S/C15H16N4O4S/c1-22-15-3-2-13(8-14(15)18-11-12(9-16)10-17)24(20,21)19-4-6-23-7-5-19/h2-3,8,11,18H,4-7H2,1H3. The molecule has 1 N–H and O–H groups in total. The monoisotopic (exact) mass is 348 g/mol. The van der Waals surface area contributed by atoms with Crippen LogP contribution in [0.5, 0.6) is 5.75 Å². The maximum absolute atomic E-state index is 12.7. The smallest absolute Gasteiger partial charge is 0.243 e. The first kappa shape index (κ1) is 17.8. The summed E-state index contributed by atoms with van der Waals surface area (Å²) in [6, 6.07) is 7.80. The molecule has 1 heterocycles. The van der Waals surface area contributed by atoms with Crippen molar-refractivity contribution >= 4 is 15.7 Å². The van der Waals surface area contributed by atoms with E-state index in [1.807, 2.05) is 0 Å². The van der Waals surface area contributed by atoms with Crippen molar-refractivity contribution in [1.29, 1.82) is 10.5 Å². The van der Waals surface area contributed by atoms with Gasteiger partial charge in [-0.05, 0) is 18.2 Å². The molecule has 8 nitrogen and oxygen atoms in total. The van der Waals surface area contributed by atoms with Gasteiger partial charge in [-0.15, -0.1) is 0 Å². The lowest BCUT2D eigenvalue weighted by Gasteiger charge is -2.26. The van der Waals surface area contributed by atoms with E-state index in [4.69, 9.17) is 20.0 Å². The Morgan fingerprint density at radius 1 is 1.33 bits per heavy atom. The number of benzene rings is 1. The molecule has 0 atom stereocenters. The Hall–Kier alpha value is -2.59. The van der Waals surface area contributed by atoms with Crippen LogP contribution in [0.2, 0.25) is 0 Å². The van der Waals surface area contributed by atoms with Gasteiger partial charge in [-0.2, -0.15) is 14.8 Å². The quantitative estimate of drug-likeness (QED) is 0.791. The van der Waals surface area contributed by atoms with Crippen LogP contribution in [-0.2, 0) is 14.8 Å². The predicted molar refractivity (Wildman–Crippen MR) is 85.5 cm³/mol. The number of anilines is 1. The number of rotatable bonds is 5. The second-order valence-corrected chi connectivity index (χ2v) is 6.74. The fourth-order valence-electron chi connectivity index (χ4n) is 2.14. The van der Waals surface area contributed by atoms with E-state index >= 15 is 0 Å². The molecule has 1 aromatic rings. The van der Waals surface area contributed by atoms with Crippen LogP contribution in [0.25, 0.3) is 0 Å². The molecule has 0 amide bonds. The number of nitriles is 2. The second kappa shape index (κ2) is 7.79. The summed E-state index contributed by atoms with van der Waals surface area (Å²) in [5.74, 6) is 0.391. The van der Waals surface area contributed by atoms with Crippen LogP contribution in [0.1, 0.15) is 0 Å². The van der Waals surface area contributed by atoms with Crippen molar-refractivity contribution in [3.63, 3.8) is 0 Å². The molecule has 0 radical (unpaired) electrons. The van der Waals surface area contributed by atoms with E-state index in [1.54, 1.807) is 12.1 Å². The topological polar surface area (TPSA) is 115 Å². The highest BCUT2D eigenvalue weighted by Gasteiger charge is 2.27.